The summed E-state index contributed by atoms with van der Waals surface area (Å²) in [6.45, 7) is 2.30. The quantitative estimate of drug-likeness (QED) is 0.307. The third kappa shape index (κ3) is 4.99. The Morgan fingerprint density at radius 2 is 1.85 bits per heavy atom. The first-order valence-electron chi connectivity index (χ1n) is 12.9. The second-order valence-electron chi connectivity index (χ2n) is 10.0. The van der Waals surface area contributed by atoms with Crippen LogP contribution in [0.5, 0.6) is 0 Å². The topological polar surface area (TPSA) is 75.1 Å². The van der Waals surface area contributed by atoms with E-state index < -0.39 is 12.0 Å². The van der Waals surface area contributed by atoms with Crippen LogP contribution in [0.2, 0.25) is 10.0 Å². The molecular weight excluding hydrogens is 557 g/mol. The summed E-state index contributed by atoms with van der Waals surface area (Å²) in [5.74, 6) is -0.528. The highest BCUT2D eigenvalue weighted by molar-refractivity contribution is 6.39. The molecule has 7 nitrogen and oxygen atoms in total. The standard InChI is InChI=1S/C29H26Cl2F2N6O/c1-38-25-8-9-34-12-23(25)36-28(38)29(40)37-22-7-3-6-20(27(22)31)19-5-2-4-18(26(19)30)16-10-21(33)24(35-11-16)15-39-13-17(32)14-39/h2-7,10-11,17,34H,8-9,12-15H2,1H3,(H,37,40). The average Bonchev–Trinajstić information content (AvgIpc) is 3.27. The van der Waals surface area contributed by atoms with E-state index >= 15 is 0 Å². The first-order valence-corrected chi connectivity index (χ1v) is 13.7. The zero-order chi connectivity index (χ0) is 28.0. The van der Waals surface area contributed by atoms with Crippen LogP contribution < -0.4 is 10.6 Å². The molecule has 0 bridgehead atoms. The van der Waals surface area contributed by atoms with Gasteiger partial charge in [-0.3, -0.25) is 14.7 Å². The van der Waals surface area contributed by atoms with Gasteiger partial charge in [0, 0.05) is 80.3 Å². The van der Waals surface area contributed by atoms with Crippen LogP contribution in [0.15, 0.2) is 48.7 Å². The van der Waals surface area contributed by atoms with Crippen molar-refractivity contribution in [1.29, 1.82) is 0 Å². The Morgan fingerprint density at radius 3 is 2.58 bits per heavy atom. The molecule has 11 heteroatoms. The van der Waals surface area contributed by atoms with Gasteiger partial charge in [-0.2, -0.15) is 0 Å². The first kappa shape index (κ1) is 26.8. The zero-order valence-electron chi connectivity index (χ0n) is 21.6. The molecule has 40 heavy (non-hydrogen) atoms. The molecule has 1 amide bonds. The first-order chi connectivity index (χ1) is 19.3. The lowest BCUT2D eigenvalue weighted by atomic mass is 9.98. The van der Waals surface area contributed by atoms with Crippen molar-refractivity contribution >= 4 is 34.8 Å². The molecule has 0 radical (unpaired) electrons. The molecule has 1 saturated heterocycles. The van der Waals surface area contributed by atoms with E-state index in [4.69, 9.17) is 23.2 Å². The van der Waals surface area contributed by atoms with Crippen molar-refractivity contribution in [3.63, 3.8) is 0 Å². The molecule has 4 heterocycles. The van der Waals surface area contributed by atoms with E-state index in [1.54, 1.807) is 41.4 Å². The summed E-state index contributed by atoms with van der Waals surface area (Å²) in [6.07, 6.45) is 1.51. The van der Waals surface area contributed by atoms with E-state index in [1.807, 2.05) is 17.7 Å². The Hall–Kier alpha value is -3.37. The van der Waals surface area contributed by atoms with Crippen molar-refractivity contribution in [2.45, 2.75) is 25.7 Å². The van der Waals surface area contributed by atoms with Crippen LogP contribution in [0.3, 0.4) is 0 Å². The van der Waals surface area contributed by atoms with Crippen LogP contribution in [0, 0.1) is 5.82 Å². The maximum Gasteiger partial charge on any atom is 0.291 e. The van der Waals surface area contributed by atoms with E-state index in [1.165, 1.54) is 6.07 Å². The van der Waals surface area contributed by atoms with Crippen molar-refractivity contribution in [1.82, 2.24) is 24.8 Å². The Morgan fingerprint density at radius 1 is 1.12 bits per heavy atom. The molecule has 2 aromatic carbocycles. The van der Waals surface area contributed by atoms with Gasteiger partial charge < -0.3 is 15.2 Å². The number of rotatable bonds is 6. The number of benzene rings is 2. The monoisotopic (exact) mass is 582 g/mol. The van der Waals surface area contributed by atoms with Gasteiger partial charge in [-0.1, -0.05) is 53.5 Å². The summed E-state index contributed by atoms with van der Waals surface area (Å²) >= 11 is 13.6. The van der Waals surface area contributed by atoms with E-state index in [0.717, 1.165) is 24.4 Å². The molecular formula is C29H26Cl2F2N6O. The fourth-order valence-corrected chi connectivity index (χ4v) is 5.83. The third-order valence-corrected chi connectivity index (χ3v) is 8.20. The minimum atomic E-state index is -0.861. The molecule has 6 rings (SSSR count). The smallest absolute Gasteiger partial charge is 0.291 e. The number of halogens is 4. The molecule has 0 unspecified atom stereocenters. The Kier molecular flexibility index (Phi) is 7.31. The summed E-state index contributed by atoms with van der Waals surface area (Å²) in [6, 6.07) is 12.1. The van der Waals surface area contributed by atoms with Crippen molar-refractivity contribution in [2.24, 2.45) is 7.05 Å². The Labute approximate surface area is 240 Å². The van der Waals surface area contributed by atoms with Crippen LogP contribution in [0.4, 0.5) is 14.5 Å². The Bertz CT molecular complexity index is 1620. The normalized spacial score (nSPS) is 15.5. The number of hydrogen-bond acceptors (Lipinski definition) is 5. The second kappa shape index (κ2) is 10.9. The number of alkyl halides is 1. The number of fused-ring (bicyclic) bond motifs is 1. The minimum absolute atomic E-state index is 0.256. The fraction of sp³-hybridized carbons (Fsp3) is 0.276. The number of imidazole rings is 1. The Balaban J connectivity index is 1.27. The van der Waals surface area contributed by atoms with Gasteiger partial charge in [0.2, 0.25) is 0 Å². The predicted molar refractivity (Wildman–Crippen MR) is 152 cm³/mol. The van der Waals surface area contributed by atoms with E-state index in [-0.39, 0.29) is 31.2 Å². The highest BCUT2D eigenvalue weighted by Crippen LogP contribution is 2.41. The van der Waals surface area contributed by atoms with Crippen molar-refractivity contribution in [3.05, 3.63) is 87.4 Å². The van der Waals surface area contributed by atoms with Crippen LogP contribution >= 0.6 is 23.2 Å². The number of carbonyl (C=O) groups is 1. The summed E-state index contributed by atoms with van der Waals surface area (Å²) in [5, 5.41) is 6.84. The number of carbonyl (C=O) groups excluding carboxylic acids is 1. The number of nitrogens with zero attached hydrogens (tertiary/aromatic N) is 4. The predicted octanol–water partition coefficient (Wildman–Crippen LogP) is 5.65. The van der Waals surface area contributed by atoms with E-state index in [2.05, 4.69) is 20.6 Å². The highest BCUT2D eigenvalue weighted by atomic mass is 35.5. The number of nitrogens with one attached hydrogen (secondary N) is 2. The number of likely N-dealkylation sites (tertiary alicyclic amines) is 1. The fourth-order valence-electron chi connectivity index (χ4n) is 5.21. The molecule has 0 spiro atoms. The van der Waals surface area contributed by atoms with Crippen molar-refractivity contribution < 1.29 is 13.6 Å². The molecule has 2 aromatic heterocycles. The van der Waals surface area contributed by atoms with Crippen LogP contribution in [0.25, 0.3) is 22.3 Å². The van der Waals surface area contributed by atoms with Crippen LogP contribution in [-0.4, -0.2) is 51.1 Å². The summed E-state index contributed by atoms with van der Waals surface area (Å²) in [5.41, 5.74) is 4.92. The van der Waals surface area contributed by atoms with Gasteiger partial charge in [0.05, 0.1) is 27.1 Å². The molecule has 206 valence electrons. The van der Waals surface area contributed by atoms with Crippen molar-refractivity contribution in [3.8, 4) is 22.3 Å². The lowest BCUT2D eigenvalue weighted by Crippen LogP contribution is -2.47. The number of hydrogen-bond donors (Lipinski definition) is 2. The highest BCUT2D eigenvalue weighted by Gasteiger charge is 2.27. The van der Waals surface area contributed by atoms with Crippen LogP contribution in [-0.2, 0) is 26.6 Å². The summed E-state index contributed by atoms with van der Waals surface area (Å²) < 4.78 is 29.8. The van der Waals surface area contributed by atoms with E-state index in [9.17, 15) is 13.6 Å². The molecule has 2 aliphatic heterocycles. The van der Waals surface area contributed by atoms with Gasteiger partial charge in [-0.05, 0) is 12.1 Å². The van der Waals surface area contributed by atoms with Gasteiger partial charge >= 0.3 is 0 Å². The number of aromatic nitrogens is 3. The molecule has 2 aliphatic rings. The molecule has 1 fully saturated rings. The molecule has 0 aliphatic carbocycles. The molecule has 0 saturated carbocycles. The maximum absolute atomic E-state index is 14.9. The van der Waals surface area contributed by atoms with Crippen molar-refractivity contribution in [2.75, 3.05) is 25.0 Å². The van der Waals surface area contributed by atoms with Gasteiger partial charge in [-0.25, -0.2) is 13.8 Å². The van der Waals surface area contributed by atoms with Gasteiger partial charge in [-0.15, -0.1) is 0 Å². The summed E-state index contributed by atoms with van der Waals surface area (Å²) in [7, 11) is 1.84. The largest absolute Gasteiger partial charge is 0.327 e. The maximum atomic E-state index is 14.9. The lowest BCUT2D eigenvalue weighted by molar-refractivity contribution is 0.0570. The van der Waals surface area contributed by atoms with E-state index in [0.29, 0.717) is 50.4 Å². The summed E-state index contributed by atoms with van der Waals surface area (Å²) in [4.78, 5) is 23.8. The number of amides is 1. The van der Waals surface area contributed by atoms with Gasteiger partial charge in [0.1, 0.15) is 12.0 Å². The average molecular weight is 583 g/mol. The number of anilines is 1. The lowest BCUT2D eigenvalue weighted by Gasteiger charge is -2.33. The molecule has 0 atom stereocenters. The third-order valence-electron chi connectivity index (χ3n) is 7.38. The van der Waals surface area contributed by atoms with Gasteiger partial charge in [0.25, 0.3) is 5.91 Å². The molecule has 2 N–H and O–H groups in total. The second-order valence-corrected chi connectivity index (χ2v) is 10.8. The SMILES string of the molecule is Cn1c(C(=O)Nc2cccc(-c3cccc(-c4cnc(CN5CC(F)C5)c(F)c4)c3Cl)c2Cl)nc2c1CCNC2. The van der Waals surface area contributed by atoms with Gasteiger partial charge in [0.15, 0.2) is 5.82 Å². The minimum Gasteiger partial charge on any atom is -0.327 e. The number of pyridine rings is 1. The van der Waals surface area contributed by atoms with Crippen LogP contribution in [0.1, 0.15) is 27.7 Å². The molecule has 4 aromatic rings. The zero-order valence-corrected chi connectivity index (χ0v) is 23.2.